The SMILES string of the molecule is CCCCCC[n+]1ccccc1.c1ccncc1. The standard InChI is InChI=1S/C11H18N.C5H5N/c1-2-3-4-6-9-12-10-7-5-8-11-12;1-2-4-6-5-3-1/h5,7-8,10-11H,2-4,6,9H2,1H3;1-5H/q+1;. The largest absolute Gasteiger partial charge is 0.265 e. The first-order chi connectivity index (χ1) is 8.93. The van der Waals surface area contributed by atoms with Crippen LogP contribution in [0.1, 0.15) is 32.6 Å². The average molecular weight is 243 g/mol. The van der Waals surface area contributed by atoms with Crippen LogP contribution in [0.15, 0.2) is 61.2 Å². The quantitative estimate of drug-likeness (QED) is 0.579. The third-order valence-corrected chi connectivity index (χ3v) is 2.61. The summed E-state index contributed by atoms with van der Waals surface area (Å²) in [4.78, 5) is 3.78. The zero-order valence-electron chi connectivity index (χ0n) is 11.2. The fourth-order valence-electron chi connectivity index (χ4n) is 1.62. The van der Waals surface area contributed by atoms with Crippen molar-refractivity contribution in [3.8, 4) is 0 Å². The Morgan fingerprint density at radius 2 is 1.44 bits per heavy atom. The molecule has 2 heterocycles. The fraction of sp³-hybridized carbons (Fsp3) is 0.375. The van der Waals surface area contributed by atoms with Crippen molar-refractivity contribution in [2.24, 2.45) is 0 Å². The van der Waals surface area contributed by atoms with Crippen LogP contribution < -0.4 is 4.57 Å². The highest BCUT2D eigenvalue weighted by Gasteiger charge is 1.95. The van der Waals surface area contributed by atoms with Gasteiger partial charge in [0.15, 0.2) is 12.4 Å². The first-order valence-corrected chi connectivity index (χ1v) is 6.72. The summed E-state index contributed by atoms with van der Waals surface area (Å²) < 4.78 is 2.25. The Labute approximate surface area is 110 Å². The van der Waals surface area contributed by atoms with Crippen molar-refractivity contribution in [3.63, 3.8) is 0 Å². The third kappa shape index (κ3) is 7.55. The molecule has 18 heavy (non-hydrogen) atoms. The van der Waals surface area contributed by atoms with E-state index < -0.39 is 0 Å². The maximum Gasteiger partial charge on any atom is 0.168 e. The summed E-state index contributed by atoms with van der Waals surface area (Å²) in [6.45, 7) is 3.41. The van der Waals surface area contributed by atoms with E-state index >= 15 is 0 Å². The molecule has 0 spiro atoms. The topological polar surface area (TPSA) is 16.8 Å². The molecular formula is C16H23N2+. The van der Waals surface area contributed by atoms with E-state index in [0.29, 0.717) is 0 Å². The molecule has 0 fully saturated rings. The number of hydrogen-bond donors (Lipinski definition) is 0. The van der Waals surface area contributed by atoms with Crippen LogP contribution in [0.4, 0.5) is 0 Å². The van der Waals surface area contributed by atoms with Crippen LogP contribution in [-0.2, 0) is 6.54 Å². The molecule has 0 saturated heterocycles. The molecule has 2 aromatic rings. The van der Waals surface area contributed by atoms with E-state index in [-0.39, 0.29) is 0 Å². The van der Waals surface area contributed by atoms with Crippen molar-refractivity contribution >= 4 is 0 Å². The van der Waals surface area contributed by atoms with Gasteiger partial charge in [0.1, 0.15) is 6.54 Å². The van der Waals surface area contributed by atoms with Gasteiger partial charge < -0.3 is 0 Å². The monoisotopic (exact) mass is 243 g/mol. The summed E-state index contributed by atoms with van der Waals surface area (Å²) >= 11 is 0. The second-order valence-electron chi connectivity index (χ2n) is 4.20. The lowest BCUT2D eigenvalue weighted by Crippen LogP contribution is -2.32. The molecule has 0 saturated carbocycles. The molecule has 0 atom stereocenters. The Hall–Kier alpha value is -1.70. The molecule has 0 radical (unpaired) electrons. The van der Waals surface area contributed by atoms with Crippen molar-refractivity contribution in [1.82, 2.24) is 4.98 Å². The van der Waals surface area contributed by atoms with Crippen molar-refractivity contribution in [3.05, 3.63) is 61.2 Å². The Morgan fingerprint density at radius 1 is 0.778 bits per heavy atom. The summed E-state index contributed by atoms with van der Waals surface area (Å²) in [5.74, 6) is 0. The van der Waals surface area contributed by atoms with E-state index in [4.69, 9.17) is 0 Å². The molecule has 2 aromatic heterocycles. The first kappa shape index (κ1) is 14.4. The average Bonchev–Trinajstić information content (AvgIpc) is 2.47. The molecule has 0 aromatic carbocycles. The zero-order chi connectivity index (χ0) is 12.9. The molecule has 96 valence electrons. The highest BCUT2D eigenvalue weighted by molar-refractivity contribution is 4.88. The second kappa shape index (κ2) is 10.5. The van der Waals surface area contributed by atoms with Gasteiger partial charge in [-0.25, -0.2) is 4.57 Å². The van der Waals surface area contributed by atoms with E-state index in [1.54, 1.807) is 12.4 Å². The lowest BCUT2D eigenvalue weighted by atomic mass is 10.2. The van der Waals surface area contributed by atoms with Gasteiger partial charge in [-0.1, -0.05) is 31.9 Å². The molecular weight excluding hydrogens is 220 g/mol. The minimum Gasteiger partial charge on any atom is -0.265 e. The number of hydrogen-bond acceptors (Lipinski definition) is 1. The second-order valence-corrected chi connectivity index (χ2v) is 4.20. The zero-order valence-corrected chi connectivity index (χ0v) is 11.2. The van der Waals surface area contributed by atoms with Crippen molar-refractivity contribution in [2.75, 3.05) is 0 Å². The molecule has 0 unspecified atom stereocenters. The van der Waals surface area contributed by atoms with E-state index in [9.17, 15) is 0 Å². The van der Waals surface area contributed by atoms with Crippen LogP contribution in [0, 0.1) is 0 Å². The van der Waals surface area contributed by atoms with Gasteiger partial charge in [0, 0.05) is 30.9 Å². The number of aromatic nitrogens is 2. The Bertz CT molecular complexity index is 346. The highest BCUT2D eigenvalue weighted by atomic mass is 14.9. The van der Waals surface area contributed by atoms with Crippen LogP contribution >= 0.6 is 0 Å². The predicted molar refractivity (Wildman–Crippen MR) is 75.0 cm³/mol. The van der Waals surface area contributed by atoms with Gasteiger partial charge in [0.05, 0.1) is 0 Å². The maximum absolute atomic E-state index is 3.78. The van der Waals surface area contributed by atoms with Gasteiger partial charge in [-0.2, -0.15) is 0 Å². The van der Waals surface area contributed by atoms with Crippen LogP contribution in [0.3, 0.4) is 0 Å². The minimum absolute atomic E-state index is 1.17. The van der Waals surface area contributed by atoms with Gasteiger partial charge in [-0.05, 0) is 18.6 Å². The smallest absolute Gasteiger partial charge is 0.168 e. The molecule has 0 amide bonds. The van der Waals surface area contributed by atoms with Crippen molar-refractivity contribution < 1.29 is 4.57 Å². The van der Waals surface area contributed by atoms with Crippen molar-refractivity contribution in [2.45, 2.75) is 39.2 Å². The maximum atomic E-state index is 3.78. The molecule has 0 aliphatic heterocycles. The first-order valence-electron chi connectivity index (χ1n) is 6.72. The van der Waals surface area contributed by atoms with Gasteiger partial charge in [-0.3, -0.25) is 4.98 Å². The van der Waals surface area contributed by atoms with Crippen molar-refractivity contribution in [1.29, 1.82) is 0 Å². The Morgan fingerprint density at radius 3 is 1.94 bits per heavy atom. The number of aryl methyl sites for hydroxylation is 1. The lowest BCUT2D eigenvalue weighted by molar-refractivity contribution is -0.697. The normalized spacial score (nSPS) is 9.39. The number of unbranched alkanes of at least 4 members (excludes halogenated alkanes) is 3. The van der Waals surface area contributed by atoms with Crippen LogP contribution in [0.25, 0.3) is 0 Å². The summed E-state index contributed by atoms with van der Waals surface area (Å²) in [5.41, 5.74) is 0. The van der Waals surface area contributed by atoms with Crippen LogP contribution in [-0.4, -0.2) is 4.98 Å². The summed E-state index contributed by atoms with van der Waals surface area (Å²) in [7, 11) is 0. The van der Waals surface area contributed by atoms with Gasteiger partial charge in [0.2, 0.25) is 0 Å². The highest BCUT2D eigenvalue weighted by Crippen LogP contribution is 1.97. The predicted octanol–water partition coefficient (Wildman–Crippen LogP) is 3.64. The molecule has 2 heteroatoms. The number of nitrogens with zero attached hydrogens (tertiary/aromatic N) is 2. The molecule has 0 N–H and O–H groups in total. The van der Waals surface area contributed by atoms with E-state index in [0.717, 1.165) is 0 Å². The summed E-state index contributed by atoms with van der Waals surface area (Å²) in [6, 6.07) is 11.9. The van der Waals surface area contributed by atoms with Gasteiger partial charge in [-0.15, -0.1) is 0 Å². The van der Waals surface area contributed by atoms with E-state index in [1.165, 1.54) is 32.2 Å². The third-order valence-electron chi connectivity index (χ3n) is 2.61. The summed E-state index contributed by atoms with van der Waals surface area (Å²) in [6.07, 6.45) is 13.1. The minimum atomic E-state index is 1.17. The van der Waals surface area contributed by atoms with Gasteiger partial charge in [0.25, 0.3) is 0 Å². The number of pyridine rings is 2. The molecule has 0 aliphatic carbocycles. The van der Waals surface area contributed by atoms with Crippen LogP contribution in [0.5, 0.6) is 0 Å². The molecule has 0 bridgehead atoms. The Balaban J connectivity index is 0.000000225. The van der Waals surface area contributed by atoms with E-state index in [2.05, 4.69) is 47.1 Å². The van der Waals surface area contributed by atoms with E-state index in [1.807, 2.05) is 18.2 Å². The summed E-state index contributed by atoms with van der Waals surface area (Å²) in [5, 5.41) is 0. The Kier molecular flexibility index (Phi) is 8.34. The molecule has 2 rings (SSSR count). The van der Waals surface area contributed by atoms with Gasteiger partial charge >= 0.3 is 0 Å². The molecule has 0 aliphatic rings. The lowest BCUT2D eigenvalue weighted by Gasteiger charge is -1.95. The molecule has 2 nitrogen and oxygen atoms in total. The number of rotatable bonds is 5. The fourth-order valence-corrected chi connectivity index (χ4v) is 1.62. The van der Waals surface area contributed by atoms with Crippen LogP contribution in [0.2, 0.25) is 0 Å².